The van der Waals surface area contributed by atoms with Gasteiger partial charge in [-0.2, -0.15) is 15.0 Å². The molecule has 0 spiro atoms. The first kappa shape index (κ1) is 13.9. The summed E-state index contributed by atoms with van der Waals surface area (Å²) in [5, 5.41) is 1.11. The number of hydrogen-bond donors (Lipinski definition) is 1. The summed E-state index contributed by atoms with van der Waals surface area (Å²) in [4.78, 5) is 13.0. The van der Waals surface area contributed by atoms with Crippen LogP contribution in [0, 0.1) is 0 Å². The van der Waals surface area contributed by atoms with E-state index < -0.39 is 0 Å². The number of halogens is 1. The highest BCUT2D eigenvalue weighted by Gasteiger charge is 2.09. The molecule has 100 valence electrons. The maximum Gasteiger partial charge on any atom is 0.322 e. The highest BCUT2D eigenvalue weighted by Crippen LogP contribution is 2.31. The topological polar surface area (TPSA) is 73.9 Å². The van der Waals surface area contributed by atoms with E-state index in [9.17, 15) is 0 Å². The van der Waals surface area contributed by atoms with Gasteiger partial charge < -0.3 is 10.5 Å². The smallest absolute Gasteiger partial charge is 0.322 e. The number of hydrogen-bond acceptors (Lipinski definition) is 6. The second kappa shape index (κ2) is 6.58. The fourth-order valence-electron chi connectivity index (χ4n) is 1.28. The minimum Gasteiger partial charge on any atom is -0.463 e. The fraction of sp³-hybridized carbons (Fsp3) is 0.250. The molecule has 2 N–H and O–H groups in total. The van der Waals surface area contributed by atoms with Crippen molar-refractivity contribution in [1.82, 2.24) is 15.0 Å². The van der Waals surface area contributed by atoms with E-state index in [4.69, 9.17) is 22.1 Å². The Morgan fingerprint density at radius 3 is 2.79 bits per heavy atom. The Kier molecular flexibility index (Phi) is 4.81. The Hall–Kier alpha value is -1.53. The van der Waals surface area contributed by atoms with Crippen LogP contribution in [-0.4, -0.2) is 21.6 Å². The first-order valence-corrected chi connectivity index (χ1v) is 6.95. The first-order valence-electron chi connectivity index (χ1n) is 5.75. The molecule has 0 aliphatic rings. The van der Waals surface area contributed by atoms with Crippen LogP contribution in [-0.2, 0) is 0 Å². The molecule has 2 aromatic rings. The molecule has 0 aliphatic heterocycles. The van der Waals surface area contributed by atoms with Crippen LogP contribution in [0.15, 0.2) is 34.3 Å². The third kappa shape index (κ3) is 3.97. The van der Waals surface area contributed by atoms with E-state index in [2.05, 4.69) is 15.0 Å². The summed E-state index contributed by atoms with van der Waals surface area (Å²) in [7, 11) is 0. The molecule has 0 unspecified atom stereocenters. The molecule has 0 saturated carbocycles. The van der Waals surface area contributed by atoms with Gasteiger partial charge in [0.25, 0.3) is 0 Å². The molecule has 1 heterocycles. The number of ether oxygens (including phenoxy) is 1. The van der Waals surface area contributed by atoms with Crippen LogP contribution in [0.25, 0.3) is 0 Å². The van der Waals surface area contributed by atoms with Gasteiger partial charge in [-0.15, -0.1) is 0 Å². The third-order valence-corrected chi connectivity index (χ3v) is 3.47. The zero-order chi connectivity index (χ0) is 13.7. The van der Waals surface area contributed by atoms with Crippen molar-refractivity contribution in [1.29, 1.82) is 0 Å². The van der Waals surface area contributed by atoms with Gasteiger partial charge in [0.2, 0.25) is 11.1 Å². The SMILES string of the molecule is CCCOc1nc(N)nc(Sc2ccccc2Cl)n1. The average Bonchev–Trinajstić information content (AvgIpc) is 2.38. The van der Waals surface area contributed by atoms with E-state index in [1.807, 2.05) is 31.2 Å². The Morgan fingerprint density at radius 2 is 2.05 bits per heavy atom. The number of nitrogens with two attached hydrogens (primary N) is 1. The summed E-state index contributed by atoms with van der Waals surface area (Å²) in [5.74, 6) is 0.135. The van der Waals surface area contributed by atoms with Crippen molar-refractivity contribution < 1.29 is 4.74 Å². The summed E-state index contributed by atoms with van der Waals surface area (Å²) in [6, 6.07) is 7.70. The summed E-state index contributed by atoms with van der Waals surface area (Å²) in [5.41, 5.74) is 5.63. The van der Waals surface area contributed by atoms with Gasteiger partial charge in [-0.25, -0.2) is 0 Å². The van der Waals surface area contributed by atoms with Crippen molar-refractivity contribution in [3.8, 4) is 6.01 Å². The van der Waals surface area contributed by atoms with E-state index in [0.717, 1.165) is 11.3 Å². The Bertz CT molecular complexity index is 567. The van der Waals surface area contributed by atoms with Crippen LogP contribution in [0.2, 0.25) is 5.02 Å². The second-order valence-electron chi connectivity index (χ2n) is 3.64. The van der Waals surface area contributed by atoms with Gasteiger partial charge in [-0.05, 0) is 30.3 Å². The van der Waals surface area contributed by atoms with E-state index in [0.29, 0.717) is 16.8 Å². The highest BCUT2D eigenvalue weighted by atomic mass is 35.5. The average molecular weight is 297 g/mol. The first-order chi connectivity index (χ1) is 9.19. The van der Waals surface area contributed by atoms with Crippen molar-refractivity contribution >= 4 is 29.3 Å². The summed E-state index contributed by atoms with van der Waals surface area (Å²) in [6.45, 7) is 2.55. The van der Waals surface area contributed by atoms with Gasteiger partial charge in [-0.1, -0.05) is 30.7 Å². The lowest BCUT2D eigenvalue weighted by Gasteiger charge is -2.06. The molecule has 1 aromatic carbocycles. The third-order valence-electron chi connectivity index (χ3n) is 2.08. The number of nitrogens with zero attached hydrogens (tertiary/aromatic N) is 3. The van der Waals surface area contributed by atoms with Crippen LogP contribution in [0.4, 0.5) is 5.95 Å². The van der Waals surface area contributed by atoms with Gasteiger partial charge >= 0.3 is 6.01 Å². The quantitative estimate of drug-likeness (QED) is 0.914. The molecule has 19 heavy (non-hydrogen) atoms. The fourth-order valence-corrected chi connectivity index (χ4v) is 2.31. The van der Waals surface area contributed by atoms with Crippen LogP contribution in [0.5, 0.6) is 6.01 Å². The summed E-state index contributed by atoms with van der Waals surface area (Å²) >= 11 is 7.40. The van der Waals surface area contributed by atoms with Gasteiger partial charge in [0.1, 0.15) is 0 Å². The van der Waals surface area contributed by atoms with E-state index in [1.54, 1.807) is 0 Å². The molecule has 0 amide bonds. The van der Waals surface area contributed by atoms with Crippen LogP contribution in [0.3, 0.4) is 0 Å². The lowest BCUT2D eigenvalue weighted by molar-refractivity contribution is 0.288. The summed E-state index contributed by atoms with van der Waals surface area (Å²) in [6.07, 6.45) is 0.874. The molecule has 7 heteroatoms. The lowest BCUT2D eigenvalue weighted by atomic mass is 10.4. The number of rotatable bonds is 5. The van der Waals surface area contributed by atoms with Crippen LogP contribution in [0.1, 0.15) is 13.3 Å². The monoisotopic (exact) mass is 296 g/mol. The van der Waals surface area contributed by atoms with Gasteiger partial charge in [-0.3, -0.25) is 0 Å². The number of nitrogen functional groups attached to an aromatic ring is 1. The number of aromatic nitrogens is 3. The van der Waals surface area contributed by atoms with E-state index in [1.165, 1.54) is 11.8 Å². The number of anilines is 1. The molecule has 0 aliphatic carbocycles. The normalized spacial score (nSPS) is 10.4. The number of benzene rings is 1. The molecule has 5 nitrogen and oxygen atoms in total. The molecule has 0 fully saturated rings. The van der Waals surface area contributed by atoms with Crippen molar-refractivity contribution in [2.75, 3.05) is 12.3 Å². The Balaban J connectivity index is 2.20. The van der Waals surface area contributed by atoms with E-state index >= 15 is 0 Å². The predicted molar refractivity (Wildman–Crippen MR) is 75.6 cm³/mol. The van der Waals surface area contributed by atoms with Crippen molar-refractivity contribution in [3.63, 3.8) is 0 Å². The zero-order valence-corrected chi connectivity index (χ0v) is 11.9. The van der Waals surface area contributed by atoms with Crippen LogP contribution < -0.4 is 10.5 Å². The van der Waals surface area contributed by atoms with Gasteiger partial charge in [0.05, 0.1) is 11.6 Å². The summed E-state index contributed by atoms with van der Waals surface area (Å²) < 4.78 is 5.36. The second-order valence-corrected chi connectivity index (χ2v) is 5.06. The Morgan fingerprint density at radius 1 is 1.26 bits per heavy atom. The minimum atomic E-state index is 0.135. The maximum absolute atomic E-state index is 6.08. The highest BCUT2D eigenvalue weighted by molar-refractivity contribution is 7.99. The molecule has 0 saturated heterocycles. The van der Waals surface area contributed by atoms with Gasteiger partial charge in [0, 0.05) is 4.90 Å². The van der Waals surface area contributed by atoms with Crippen molar-refractivity contribution in [2.24, 2.45) is 0 Å². The molecule has 0 atom stereocenters. The Labute approximate surface area is 120 Å². The molecule has 1 aromatic heterocycles. The zero-order valence-electron chi connectivity index (χ0n) is 10.3. The molecular weight excluding hydrogens is 284 g/mol. The van der Waals surface area contributed by atoms with Crippen molar-refractivity contribution in [2.45, 2.75) is 23.4 Å². The molecule has 0 radical (unpaired) electrons. The molecule has 2 rings (SSSR count). The molecule has 0 bridgehead atoms. The van der Waals surface area contributed by atoms with E-state index in [-0.39, 0.29) is 12.0 Å². The lowest BCUT2D eigenvalue weighted by Crippen LogP contribution is -2.05. The van der Waals surface area contributed by atoms with Gasteiger partial charge in [0.15, 0.2) is 0 Å². The standard InChI is InChI=1S/C12H13ClN4OS/c1-2-7-18-11-15-10(14)16-12(17-11)19-9-6-4-3-5-8(9)13/h3-6H,2,7H2,1H3,(H2,14,15,16,17). The van der Waals surface area contributed by atoms with Crippen LogP contribution >= 0.6 is 23.4 Å². The largest absolute Gasteiger partial charge is 0.463 e. The molecular formula is C12H13ClN4OS. The van der Waals surface area contributed by atoms with Crippen molar-refractivity contribution in [3.05, 3.63) is 29.3 Å². The predicted octanol–water partition coefficient (Wildman–Crippen LogP) is 3.05. The maximum atomic E-state index is 6.08. The minimum absolute atomic E-state index is 0.135.